The minimum atomic E-state index is -1.40. The summed E-state index contributed by atoms with van der Waals surface area (Å²) in [6.45, 7) is 5.88. The Morgan fingerprint density at radius 1 is 1.05 bits per heavy atom. The van der Waals surface area contributed by atoms with E-state index in [2.05, 4.69) is 19.9 Å². The van der Waals surface area contributed by atoms with Gasteiger partial charge < -0.3 is 29.9 Å². The first-order chi connectivity index (χ1) is 10.4. The number of aliphatic hydroxyl groups is 4. The van der Waals surface area contributed by atoms with Gasteiger partial charge in [-0.3, -0.25) is 0 Å². The maximum atomic E-state index is 9.82. The molecular formula is C16H28O6. The van der Waals surface area contributed by atoms with Crippen LogP contribution in [-0.2, 0) is 9.47 Å². The molecule has 6 heteroatoms. The predicted molar refractivity (Wildman–Crippen MR) is 82.1 cm³/mol. The largest absolute Gasteiger partial charge is 0.394 e. The second kappa shape index (κ2) is 9.39. The Morgan fingerprint density at radius 3 is 2.32 bits per heavy atom. The van der Waals surface area contributed by atoms with Crippen LogP contribution in [0.1, 0.15) is 33.6 Å². The highest BCUT2D eigenvalue weighted by atomic mass is 16.7. The zero-order valence-electron chi connectivity index (χ0n) is 13.5. The van der Waals surface area contributed by atoms with Crippen molar-refractivity contribution in [3.8, 4) is 0 Å². The van der Waals surface area contributed by atoms with Crippen LogP contribution in [0.3, 0.4) is 0 Å². The highest BCUT2D eigenvalue weighted by Crippen LogP contribution is 2.22. The van der Waals surface area contributed by atoms with Crippen LogP contribution in [0.15, 0.2) is 23.3 Å². The maximum Gasteiger partial charge on any atom is 0.187 e. The Balaban J connectivity index is 2.44. The molecule has 1 saturated heterocycles. The second-order valence-electron chi connectivity index (χ2n) is 5.90. The van der Waals surface area contributed by atoms with Crippen molar-refractivity contribution in [3.63, 3.8) is 0 Å². The fraction of sp³-hybridized carbons (Fsp3) is 0.750. The number of hydrogen-bond acceptors (Lipinski definition) is 6. The SMILES string of the molecule is CC(C)=CCCC(C)=CCO[C@@H]1O[C@H](CO)[C@@H](O)[C@H](O)[C@H]1O. The molecule has 1 aliphatic rings. The molecule has 22 heavy (non-hydrogen) atoms. The van der Waals surface area contributed by atoms with Crippen LogP contribution in [0.2, 0.25) is 0 Å². The van der Waals surface area contributed by atoms with E-state index in [0.717, 1.165) is 18.4 Å². The molecule has 0 saturated carbocycles. The van der Waals surface area contributed by atoms with Crippen molar-refractivity contribution in [1.29, 1.82) is 0 Å². The zero-order valence-corrected chi connectivity index (χ0v) is 13.5. The summed E-state index contributed by atoms with van der Waals surface area (Å²) in [4.78, 5) is 0. The van der Waals surface area contributed by atoms with Crippen molar-refractivity contribution >= 4 is 0 Å². The minimum Gasteiger partial charge on any atom is -0.394 e. The summed E-state index contributed by atoms with van der Waals surface area (Å²) in [7, 11) is 0. The lowest BCUT2D eigenvalue weighted by atomic mass is 9.99. The summed E-state index contributed by atoms with van der Waals surface area (Å²) in [5.74, 6) is 0. The molecule has 5 atom stereocenters. The average molecular weight is 316 g/mol. The minimum absolute atomic E-state index is 0.226. The molecule has 1 rings (SSSR count). The topological polar surface area (TPSA) is 99.4 Å². The number of allylic oxidation sites excluding steroid dienone is 3. The summed E-state index contributed by atoms with van der Waals surface area (Å²) in [6.07, 6.45) is -0.190. The van der Waals surface area contributed by atoms with Gasteiger partial charge in [0.05, 0.1) is 13.2 Å². The monoisotopic (exact) mass is 316 g/mol. The van der Waals surface area contributed by atoms with Crippen LogP contribution >= 0.6 is 0 Å². The Hall–Kier alpha value is -0.760. The van der Waals surface area contributed by atoms with Gasteiger partial charge >= 0.3 is 0 Å². The van der Waals surface area contributed by atoms with Gasteiger partial charge in [-0.05, 0) is 33.6 Å². The fourth-order valence-corrected chi connectivity index (χ4v) is 2.18. The van der Waals surface area contributed by atoms with E-state index in [-0.39, 0.29) is 6.61 Å². The Labute approximate surface area is 131 Å². The highest BCUT2D eigenvalue weighted by Gasteiger charge is 2.43. The van der Waals surface area contributed by atoms with Gasteiger partial charge in [0.2, 0.25) is 0 Å². The molecule has 0 aromatic heterocycles. The van der Waals surface area contributed by atoms with E-state index in [0.29, 0.717) is 0 Å². The third-order valence-corrected chi connectivity index (χ3v) is 3.63. The van der Waals surface area contributed by atoms with Crippen LogP contribution in [0.5, 0.6) is 0 Å². The first-order valence-corrected chi connectivity index (χ1v) is 7.58. The van der Waals surface area contributed by atoms with Crippen molar-refractivity contribution in [2.24, 2.45) is 0 Å². The van der Waals surface area contributed by atoms with Crippen molar-refractivity contribution in [2.45, 2.75) is 64.3 Å². The van der Waals surface area contributed by atoms with Gasteiger partial charge in [0.1, 0.15) is 24.4 Å². The number of rotatable bonds is 7. The summed E-state index contributed by atoms with van der Waals surface area (Å²) in [6, 6.07) is 0. The molecule has 1 aliphatic heterocycles. The Morgan fingerprint density at radius 2 is 1.73 bits per heavy atom. The van der Waals surface area contributed by atoms with Crippen molar-refractivity contribution in [3.05, 3.63) is 23.3 Å². The van der Waals surface area contributed by atoms with Crippen LogP contribution < -0.4 is 0 Å². The first-order valence-electron chi connectivity index (χ1n) is 7.58. The van der Waals surface area contributed by atoms with Gasteiger partial charge in [-0.2, -0.15) is 0 Å². The highest BCUT2D eigenvalue weighted by molar-refractivity contribution is 5.02. The van der Waals surface area contributed by atoms with E-state index in [4.69, 9.17) is 14.6 Å². The molecule has 0 radical (unpaired) electrons. The molecular weight excluding hydrogens is 288 g/mol. The molecule has 6 nitrogen and oxygen atoms in total. The van der Waals surface area contributed by atoms with E-state index < -0.39 is 37.3 Å². The quantitative estimate of drug-likeness (QED) is 0.510. The number of hydrogen-bond donors (Lipinski definition) is 4. The van der Waals surface area contributed by atoms with E-state index in [1.54, 1.807) is 0 Å². The van der Waals surface area contributed by atoms with Gasteiger partial charge in [0.15, 0.2) is 6.29 Å². The Bertz CT molecular complexity index is 386. The lowest BCUT2D eigenvalue weighted by Gasteiger charge is -2.39. The molecule has 0 bridgehead atoms. The normalized spacial score (nSPS) is 32.9. The number of ether oxygens (including phenoxy) is 2. The third-order valence-electron chi connectivity index (χ3n) is 3.63. The molecule has 1 heterocycles. The molecule has 1 fully saturated rings. The van der Waals surface area contributed by atoms with Crippen LogP contribution in [0, 0.1) is 0 Å². The van der Waals surface area contributed by atoms with E-state index in [1.165, 1.54) is 5.57 Å². The predicted octanol–water partition coefficient (Wildman–Crippen LogP) is 0.496. The maximum absolute atomic E-state index is 9.82. The molecule has 0 unspecified atom stereocenters. The van der Waals surface area contributed by atoms with Crippen molar-refractivity contribution in [2.75, 3.05) is 13.2 Å². The molecule has 0 spiro atoms. The van der Waals surface area contributed by atoms with Gasteiger partial charge in [-0.15, -0.1) is 0 Å². The number of aliphatic hydroxyl groups excluding tert-OH is 4. The van der Waals surface area contributed by atoms with Crippen LogP contribution in [0.25, 0.3) is 0 Å². The summed E-state index contributed by atoms with van der Waals surface area (Å²) < 4.78 is 10.7. The van der Waals surface area contributed by atoms with Crippen LogP contribution in [0.4, 0.5) is 0 Å². The smallest absolute Gasteiger partial charge is 0.187 e. The van der Waals surface area contributed by atoms with E-state index >= 15 is 0 Å². The molecule has 0 aromatic rings. The molecule has 0 aromatic carbocycles. The van der Waals surface area contributed by atoms with Crippen molar-refractivity contribution < 1.29 is 29.9 Å². The third kappa shape index (κ3) is 5.79. The molecule has 128 valence electrons. The van der Waals surface area contributed by atoms with Crippen molar-refractivity contribution in [1.82, 2.24) is 0 Å². The average Bonchev–Trinajstić information content (AvgIpc) is 2.47. The van der Waals surface area contributed by atoms with Gasteiger partial charge in [-0.25, -0.2) is 0 Å². The van der Waals surface area contributed by atoms with Crippen LogP contribution in [-0.4, -0.2) is 64.3 Å². The second-order valence-corrected chi connectivity index (χ2v) is 5.90. The molecule has 0 aliphatic carbocycles. The van der Waals surface area contributed by atoms with Gasteiger partial charge in [-0.1, -0.05) is 23.3 Å². The Kier molecular flexibility index (Phi) is 8.24. The first kappa shape index (κ1) is 19.3. The standard InChI is InChI=1S/C16H28O6/c1-10(2)5-4-6-11(3)7-8-21-16-15(20)14(19)13(18)12(9-17)22-16/h5,7,12-20H,4,6,8-9H2,1-3H3/t12-,13-,14+,15-,16-/m1/s1. The van der Waals surface area contributed by atoms with Gasteiger partial charge in [0.25, 0.3) is 0 Å². The molecule has 4 N–H and O–H groups in total. The fourth-order valence-electron chi connectivity index (χ4n) is 2.18. The molecule has 0 amide bonds. The lowest BCUT2D eigenvalue weighted by Crippen LogP contribution is -2.59. The summed E-state index contributed by atoms with van der Waals surface area (Å²) >= 11 is 0. The van der Waals surface area contributed by atoms with E-state index in [1.807, 2.05) is 13.0 Å². The summed E-state index contributed by atoms with van der Waals surface area (Å²) in [5.41, 5.74) is 2.44. The van der Waals surface area contributed by atoms with Gasteiger partial charge in [0, 0.05) is 0 Å². The van der Waals surface area contributed by atoms with E-state index in [9.17, 15) is 15.3 Å². The zero-order chi connectivity index (χ0) is 16.7. The summed E-state index contributed by atoms with van der Waals surface area (Å²) in [5, 5.41) is 38.2. The lowest BCUT2D eigenvalue weighted by molar-refractivity contribution is -0.298.